The number of halogens is 1. The first kappa shape index (κ1) is 12.3. The molecule has 0 atom stereocenters. The quantitative estimate of drug-likeness (QED) is 0.848. The van der Waals surface area contributed by atoms with Crippen LogP contribution in [0.25, 0.3) is 10.9 Å². The Bertz CT molecular complexity index is 672. The Morgan fingerprint density at radius 3 is 2.82 bits per heavy atom. The van der Waals surface area contributed by atoms with Gasteiger partial charge in [-0.2, -0.15) is 0 Å². The molecule has 1 N–H and O–H groups in total. The van der Waals surface area contributed by atoms with E-state index < -0.39 is 0 Å². The second kappa shape index (κ2) is 4.63. The average Bonchev–Trinajstić information content (AvgIpc) is 2.23. The predicted octanol–water partition coefficient (Wildman–Crippen LogP) is 3.37. The van der Waals surface area contributed by atoms with Crippen LogP contribution in [-0.4, -0.2) is 9.55 Å². The highest BCUT2D eigenvalue weighted by Gasteiger charge is 2.07. The average molecular weight is 269 g/mol. The van der Waals surface area contributed by atoms with Crippen LogP contribution in [0.15, 0.2) is 23.0 Å². The van der Waals surface area contributed by atoms with E-state index in [9.17, 15) is 4.79 Å². The van der Waals surface area contributed by atoms with Crippen LogP contribution in [0, 0.1) is 10.7 Å². The number of nitrogens with zero attached hydrogens (tertiary/aromatic N) is 1. The number of rotatable bonds is 2. The smallest absolute Gasteiger partial charge is 0.262 e. The highest BCUT2D eigenvalue weighted by Crippen LogP contribution is 2.14. The third-order valence-electron chi connectivity index (χ3n) is 2.49. The molecule has 0 aliphatic rings. The number of aromatic nitrogens is 2. The molecule has 2 rings (SSSR count). The first-order valence-corrected chi connectivity index (χ1v) is 6.20. The van der Waals surface area contributed by atoms with Crippen molar-refractivity contribution in [3.63, 3.8) is 0 Å². The van der Waals surface area contributed by atoms with Crippen molar-refractivity contribution in [2.75, 3.05) is 0 Å². The van der Waals surface area contributed by atoms with Crippen molar-refractivity contribution in [1.82, 2.24) is 9.55 Å². The molecule has 2 aromatic rings. The van der Waals surface area contributed by atoms with Crippen molar-refractivity contribution in [3.05, 3.63) is 38.3 Å². The third-order valence-corrected chi connectivity index (χ3v) is 3.05. The maximum atomic E-state index is 12.2. The molecular formula is C12H13ClN2OS. The Morgan fingerprint density at radius 1 is 1.47 bits per heavy atom. The maximum absolute atomic E-state index is 12.2. The van der Waals surface area contributed by atoms with Crippen LogP contribution in [0.2, 0.25) is 5.02 Å². The summed E-state index contributed by atoms with van der Waals surface area (Å²) in [6.45, 7) is 4.72. The summed E-state index contributed by atoms with van der Waals surface area (Å²) in [7, 11) is 0. The number of aromatic amines is 1. The number of H-pyrrole nitrogens is 1. The summed E-state index contributed by atoms with van der Waals surface area (Å²) in [4.78, 5) is 15.3. The van der Waals surface area contributed by atoms with Crippen molar-refractivity contribution < 1.29 is 0 Å². The van der Waals surface area contributed by atoms with Crippen molar-refractivity contribution in [2.24, 2.45) is 5.92 Å². The van der Waals surface area contributed by atoms with E-state index in [0.29, 0.717) is 33.2 Å². The third kappa shape index (κ3) is 2.42. The monoisotopic (exact) mass is 268 g/mol. The van der Waals surface area contributed by atoms with Gasteiger partial charge in [-0.1, -0.05) is 25.4 Å². The summed E-state index contributed by atoms with van der Waals surface area (Å²) in [6.07, 6.45) is 0. The summed E-state index contributed by atoms with van der Waals surface area (Å²) in [5.74, 6) is 0.368. The zero-order valence-corrected chi connectivity index (χ0v) is 11.2. The van der Waals surface area contributed by atoms with Gasteiger partial charge in [0, 0.05) is 11.6 Å². The molecule has 0 aliphatic carbocycles. The Hall–Kier alpha value is -1.13. The minimum atomic E-state index is -0.0610. The standard InChI is InChI=1S/C12H13ClN2OS/c1-7(2)6-15-11(16)9-4-3-8(13)5-10(9)14-12(15)17/h3-5,7H,6H2,1-2H3,(H,14,17). The van der Waals surface area contributed by atoms with Gasteiger partial charge in [-0.15, -0.1) is 0 Å². The van der Waals surface area contributed by atoms with Crippen LogP contribution in [0.5, 0.6) is 0 Å². The van der Waals surface area contributed by atoms with E-state index in [2.05, 4.69) is 4.98 Å². The van der Waals surface area contributed by atoms with E-state index >= 15 is 0 Å². The van der Waals surface area contributed by atoms with E-state index in [1.807, 2.05) is 13.8 Å². The van der Waals surface area contributed by atoms with E-state index in [4.69, 9.17) is 23.8 Å². The summed E-state index contributed by atoms with van der Waals surface area (Å²) >= 11 is 11.1. The van der Waals surface area contributed by atoms with Crippen molar-refractivity contribution in [1.29, 1.82) is 0 Å². The minimum Gasteiger partial charge on any atom is -0.332 e. The molecule has 0 saturated carbocycles. The lowest BCUT2D eigenvalue weighted by atomic mass is 10.2. The lowest BCUT2D eigenvalue weighted by molar-refractivity contribution is 0.503. The van der Waals surface area contributed by atoms with Gasteiger partial charge in [-0.25, -0.2) is 0 Å². The molecular weight excluding hydrogens is 256 g/mol. The highest BCUT2D eigenvalue weighted by molar-refractivity contribution is 7.71. The summed E-state index contributed by atoms with van der Waals surface area (Å²) < 4.78 is 2.04. The molecule has 0 bridgehead atoms. The van der Waals surface area contributed by atoms with Gasteiger partial charge >= 0.3 is 0 Å². The second-order valence-corrected chi connectivity index (χ2v) is 5.25. The number of benzene rings is 1. The first-order chi connectivity index (χ1) is 7.99. The largest absolute Gasteiger partial charge is 0.332 e. The van der Waals surface area contributed by atoms with Gasteiger partial charge in [0.1, 0.15) is 0 Å². The molecule has 0 fully saturated rings. The van der Waals surface area contributed by atoms with E-state index in [1.54, 1.807) is 22.8 Å². The van der Waals surface area contributed by atoms with Crippen LogP contribution in [0.1, 0.15) is 13.8 Å². The molecule has 17 heavy (non-hydrogen) atoms. The van der Waals surface area contributed by atoms with Crippen LogP contribution >= 0.6 is 23.8 Å². The van der Waals surface area contributed by atoms with Crippen LogP contribution in [0.3, 0.4) is 0 Å². The maximum Gasteiger partial charge on any atom is 0.262 e. The van der Waals surface area contributed by atoms with Gasteiger partial charge in [0.25, 0.3) is 5.56 Å². The molecule has 0 radical (unpaired) electrons. The van der Waals surface area contributed by atoms with E-state index in [1.165, 1.54) is 0 Å². The van der Waals surface area contributed by atoms with E-state index in [0.717, 1.165) is 0 Å². The first-order valence-electron chi connectivity index (χ1n) is 5.41. The zero-order valence-electron chi connectivity index (χ0n) is 9.66. The zero-order chi connectivity index (χ0) is 12.6. The van der Waals surface area contributed by atoms with Gasteiger partial charge in [-0.05, 0) is 36.3 Å². The van der Waals surface area contributed by atoms with Crippen molar-refractivity contribution >= 4 is 34.7 Å². The predicted molar refractivity (Wildman–Crippen MR) is 73.2 cm³/mol. The molecule has 5 heteroatoms. The molecule has 0 unspecified atom stereocenters. The summed E-state index contributed by atoms with van der Waals surface area (Å²) in [6, 6.07) is 5.15. The van der Waals surface area contributed by atoms with E-state index in [-0.39, 0.29) is 5.56 Å². The number of nitrogens with one attached hydrogen (secondary N) is 1. The topological polar surface area (TPSA) is 37.8 Å². The molecule has 0 amide bonds. The van der Waals surface area contributed by atoms with Gasteiger partial charge in [0.2, 0.25) is 0 Å². The lowest BCUT2D eigenvalue weighted by Crippen LogP contribution is -2.24. The van der Waals surface area contributed by atoms with Crippen LogP contribution < -0.4 is 5.56 Å². The second-order valence-electron chi connectivity index (χ2n) is 4.43. The SMILES string of the molecule is CC(C)Cn1c(=S)[nH]c2cc(Cl)ccc2c1=O. The van der Waals surface area contributed by atoms with Crippen LogP contribution in [-0.2, 0) is 6.54 Å². The van der Waals surface area contributed by atoms with Gasteiger partial charge in [-0.3, -0.25) is 9.36 Å². The molecule has 90 valence electrons. The Morgan fingerprint density at radius 2 is 2.18 bits per heavy atom. The number of fused-ring (bicyclic) bond motifs is 1. The lowest BCUT2D eigenvalue weighted by Gasteiger charge is -2.10. The fourth-order valence-corrected chi connectivity index (χ4v) is 2.20. The fraction of sp³-hybridized carbons (Fsp3) is 0.333. The normalized spacial score (nSPS) is 11.3. The van der Waals surface area contributed by atoms with Crippen LogP contribution in [0.4, 0.5) is 0 Å². The highest BCUT2D eigenvalue weighted by atomic mass is 35.5. The Kier molecular flexibility index (Phi) is 3.35. The molecule has 1 aromatic heterocycles. The number of hydrogen-bond acceptors (Lipinski definition) is 2. The fourth-order valence-electron chi connectivity index (χ4n) is 1.76. The Balaban J connectivity index is 2.77. The Labute approximate surface area is 109 Å². The minimum absolute atomic E-state index is 0.0610. The van der Waals surface area contributed by atoms with Gasteiger partial charge < -0.3 is 4.98 Å². The summed E-state index contributed by atoms with van der Waals surface area (Å²) in [5, 5.41) is 1.20. The summed E-state index contributed by atoms with van der Waals surface area (Å²) in [5.41, 5.74) is 0.627. The molecule has 0 saturated heterocycles. The van der Waals surface area contributed by atoms with Gasteiger partial charge in [0.05, 0.1) is 10.9 Å². The van der Waals surface area contributed by atoms with Gasteiger partial charge in [0.15, 0.2) is 4.77 Å². The molecule has 3 nitrogen and oxygen atoms in total. The molecule has 0 aliphatic heterocycles. The molecule has 1 heterocycles. The van der Waals surface area contributed by atoms with Crippen molar-refractivity contribution in [2.45, 2.75) is 20.4 Å². The van der Waals surface area contributed by atoms with Crippen molar-refractivity contribution in [3.8, 4) is 0 Å². The number of hydrogen-bond donors (Lipinski definition) is 1. The molecule has 1 aromatic carbocycles. The molecule has 0 spiro atoms.